The van der Waals surface area contributed by atoms with E-state index in [2.05, 4.69) is 36.9 Å². The average Bonchev–Trinajstić information content (AvgIpc) is 3.67. The van der Waals surface area contributed by atoms with Gasteiger partial charge in [0.1, 0.15) is 0 Å². The summed E-state index contributed by atoms with van der Waals surface area (Å²) >= 11 is 3.63. The van der Waals surface area contributed by atoms with Crippen LogP contribution in [0.1, 0.15) is 43.0 Å². The van der Waals surface area contributed by atoms with Crippen molar-refractivity contribution in [2.45, 2.75) is 76.0 Å². The van der Waals surface area contributed by atoms with E-state index < -0.39 is 13.9 Å². The van der Waals surface area contributed by atoms with Crippen molar-refractivity contribution >= 4 is 47.4 Å². The fraction of sp³-hybridized carbons (Fsp3) is 0.515. The largest absolute Gasteiger partial charge is 0.432 e. The molecule has 0 radical (unpaired) electrons. The first kappa shape index (κ1) is 33.0. The number of aliphatic hydroxyl groups is 1. The van der Waals surface area contributed by atoms with Crippen LogP contribution in [0.4, 0.5) is 11.4 Å². The van der Waals surface area contributed by atoms with Crippen molar-refractivity contribution in [1.82, 2.24) is 20.3 Å². The average molecular weight is 712 g/mol. The molecule has 2 fully saturated rings. The maximum atomic E-state index is 14.7. The van der Waals surface area contributed by atoms with Gasteiger partial charge in [0, 0.05) is 59.5 Å². The Morgan fingerprint density at radius 3 is 2.83 bits per heavy atom. The summed E-state index contributed by atoms with van der Waals surface area (Å²) in [6, 6.07) is 13.5. The zero-order valence-electron chi connectivity index (χ0n) is 26.6. The number of rotatable bonds is 10. The number of fused-ring (bicyclic) bond motifs is 2. The topological polar surface area (TPSA) is 142 Å². The van der Waals surface area contributed by atoms with E-state index in [-0.39, 0.29) is 41.9 Å². The number of amides is 2. The standard InChI is InChI=1S/C33H43BrN6O5Si/c1-21-30(46(2,3)44)29(11-14-39-20-26(12-15-41)37-38-39)45-33(21)27-17-24(34)9-10-28(27)40(32(33)43)19-22-6-4-8-25(16-22)36-31(42)23-7-5-13-35-18-23/h4,6,8-10,16-17,20-21,23,29-30,35,41,44H,5,7,11-15,18-19H2,1-3H3,(H,36,42)/t21-,23?,29+,30-,33+/m0/s1. The van der Waals surface area contributed by atoms with Gasteiger partial charge in [-0.1, -0.05) is 40.2 Å². The molecule has 13 heteroatoms. The van der Waals surface area contributed by atoms with E-state index >= 15 is 0 Å². The highest BCUT2D eigenvalue weighted by Crippen LogP contribution is 2.60. The smallest absolute Gasteiger partial charge is 0.264 e. The number of hydrogen-bond acceptors (Lipinski definition) is 8. The summed E-state index contributed by atoms with van der Waals surface area (Å²) in [5.41, 5.74) is 2.42. The summed E-state index contributed by atoms with van der Waals surface area (Å²) in [5.74, 6) is -0.485. The number of aliphatic hydroxyl groups excluding tert-OH is 1. The third-order valence-corrected chi connectivity index (χ3v) is 12.7. The fourth-order valence-corrected chi connectivity index (χ4v) is 10.6. The molecule has 2 saturated heterocycles. The van der Waals surface area contributed by atoms with Crippen LogP contribution in [0.15, 0.2) is 53.1 Å². The quantitative estimate of drug-likeness (QED) is 0.232. The minimum atomic E-state index is -2.82. The summed E-state index contributed by atoms with van der Waals surface area (Å²) in [7, 11) is -2.82. The lowest BCUT2D eigenvalue weighted by Crippen LogP contribution is -2.46. The first-order valence-electron chi connectivity index (χ1n) is 16.1. The number of carbonyl (C=O) groups is 2. The maximum absolute atomic E-state index is 14.7. The molecule has 6 rings (SSSR count). The van der Waals surface area contributed by atoms with Gasteiger partial charge in [0.05, 0.1) is 29.9 Å². The van der Waals surface area contributed by atoms with Gasteiger partial charge in [0.25, 0.3) is 5.91 Å². The first-order chi connectivity index (χ1) is 22.0. The van der Waals surface area contributed by atoms with Gasteiger partial charge in [0.15, 0.2) is 13.9 Å². The minimum absolute atomic E-state index is 0.00152. The van der Waals surface area contributed by atoms with E-state index in [9.17, 15) is 19.5 Å². The van der Waals surface area contributed by atoms with Crippen LogP contribution in [0.25, 0.3) is 0 Å². The van der Waals surface area contributed by atoms with Crippen LogP contribution in [-0.2, 0) is 39.4 Å². The van der Waals surface area contributed by atoms with Gasteiger partial charge in [-0.3, -0.25) is 14.3 Å². The van der Waals surface area contributed by atoms with Crippen molar-refractivity contribution in [3.05, 3.63) is 70.0 Å². The lowest BCUT2D eigenvalue weighted by Gasteiger charge is -2.32. The molecule has 0 saturated carbocycles. The molecule has 1 aromatic heterocycles. The predicted octanol–water partition coefficient (Wildman–Crippen LogP) is 3.95. The molecule has 11 nitrogen and oxygen atoms in total. The molecule has 1 unspecified atom stereocenters. The zero-order valence-corrected chi connectivity index (χ0v) is 29.2. The SMILES string of the molecule is C[C@H]1[C@H]([Si](C)(C)O)[C@@H](CCn2cc(CCO)nn2)O[C@]12C(=O)N(Cc1cccc(NC(=O)C3CCCNC3)c1)c1ccc(Br)cc12. The molecule has 2 amide bonds. The normalized spacial score (nSPS) is 26.1. The number of halogens is 1. The highest BCUT2D eigenvalue weighted by atomic mass is 79.9. The number of hydrogen-bond donors (Lipinski definition) is 4. The van der Waals surface area contributed by atoms with Gasteiger partial charge >= 0.3 is 0 Å². The fourth-order valence-electron chi connectivity index (χ4n) is 7.66. The second-order valence-corrected chi connectivity index (χ2v) is 18.3. The van der Waals surface area contributed by atoms with E-state index in [4.69, 9.17) is 4.74 Å². The molecule has 4 heterocycles. The van der Waals surface area contributed by atoms with Crippen molar-refractivity contribution in [3.63, 3.8) is 0 Å². The summed E-state index contributed by atoms with van der Waals surface area (Å²) < 4.78 is 9.52. The number of aryl methyl sites for hydroxylation is 1. The summed E-state index contributed by atoms with van der Waals surface area (Å²) in [6.07, 6.45) is 4.27. The minimum Gasteiger partial charge on any atom is -0.432 e. The molecule has 2 aromatic carbocycles. The molecule has 1 spiro atoms. The molecule has 246 valence electrons. The number of nitrogens with one attached hydrogen (secondary N) is 2. The van der Waals surface area contributed by atoms with Crippen LogP contribution in [0.5, 0.6) is 0 Å². The van der Waals surface area contributed by atoms with Crippen LogP contribution in [-0.4, -0.2) is 70.8 Å². The third kappa shape index (κ3) is 6.32. The molecule has 46 heavy (non-hydrogen) atoms. The molecule has 3 aliphatic heterocycles. The Morgan fingerprint density at radius 2 is 2.09 bits per heavy atom. The Bertz CT molecular complexity index is 1590. The van der Waals surface area contributed by atoms with E-state index in [1.54, 1.807) is 9.58 Å². The van der Waals surface area contributed by atoms with Crippen molar-refractivity contribution in [1.29, 1.82) is 0 Å². The van der Waals surface area contributed by atoms with Gasteiger partial charge in [-0.25, -0.2) is 0 Å². The molecule has 0 bridgehead atoms. The second-order valence-electron chi connectivity index (χ2n) is 13.4. The Morgan fingerprint density at radius 1 is 1.26 bits per heavy atom. The number of carbonyl (C=O) groups excluding carboxylic acids is 2. The van der Waals surface area contributed by atoms with E-state index in [1.807, 2.05) is 68.7 Å². The Kier molecular flexibility index (Phi) is 9.52. The highest BCUT2D eigenvalue weighted by Gasteiger charge is 2.66. The molecule has 5 atom stereocenters. The Labute approximate surface area is 279 Å². The Hall–Kier alpha value is -2.94. The number of piperidine rings is 1. The van der Waals surface area contributed by atoms with Crippen LogP contribution in [0.2, 0.25) is 18.6 Å². The number of benzene rings is 2. The van der Waals surface area contributed by atoms with Gasteiger partial charge in [-0.2, -0.15) is 0 Å². The van der Waals surface area contributed by atoms with Crippen LogP contribution >= 0.6 is 15.9 Å². The number of aromatic nitrogens is 3. The zero-order chi connectivity index (χ0) is 32.6. The van der Waals surface area contributed by atoms with E-state index in [0.29, 0.717) is 43.9 Å². The highest BCUT2D eigenvalue weighted by molar-refractivity contribution is 9.10. The molecular weight excluding hydrogens is 668 g/mol. The van der Waals surface area contributed by atoms with Gasteiger partial charge in [-0.05, 0) is 74.8 Å². The summed E-state index contributed by atoms with van der Waals surface area (Å²) in [6.45, 7) is 8.31. The number of anilines is 2. The van der Waals surface area contributed by atoms with Gasteiger partial charge < -0.3 is 30.2 Å². The van der Waals surface area contributed by atoms with Gasteiger partial charge in [0.2, 0.25) is 5.91 Å². The monoisotopic (exact) mass is 710 g/mol. The molecule has 4 N–H and O–H groups in total. The third-order valence-electron chi connectivity index (χ3n) is 9.75. The second kappa shape index (κ2) is 13.3. The van der Waals surface area contributed by atoms with Crippen molar-refractivity contribution in [3.8, 4) is 0 Å². The predicted molar refractivity (Wildman–Crippen MR) is 181 cm³/mol. The lowest BCUT2D eigenvalue weighted by atomic mass is 9.82. The first-order valence-corrected chi connectivity index (χ1v) is 20.0. The molecule has 0 aliphatic carbocycles. The van der Waals surface area contributed by atoms with Gasteiger partial charge in [-0.15, -0.1) is 5.10 Å². The number of ether oxygens (including phenoxy) is 1. The summed E-state index contributed by atoms with van der Waals surface area (Å²) in [5, 5.41) is 24.0. The lowest BCUT2D eigenvalue weighted by molar-refractivity contribution is -0.146. The van der Waals surface area contributed by atoms with Crippen LogP contribution in [0, 0.1) is 11.8 Å². The number of nitrogens with zero attached hydrogens (tertiary/aromatic N) is 4. The molecular formula is C33H43BrN6O5Si. The summed E-state index contributed by atoms with van der Waals surface area (Å²) in [4.78, 5) is 41.0. The van der Waals surface area contributed by atoms with E-state index in [1.165, 1.54) is 0 Å². The molecule has 3 aromatic rings. The van der Waals surface area contributed by atoms with Crippen LogP contribution in [0.3, 0.4) is 0 Å². The van der Waals surface area contributed by atoms with E-state index in [0.717, 1.165) is 40.7 Å². The molecule has 3 aliphatic rings. The Balaban J connectivity index is 1.27. The van der Waals surface area contributed by atoms with Crippen molar-refractivity contribution in [2.75, 3.05) is 29.9 Å². The maximum Gasteiger partial charge on any atom is 0.264 e. The van der Waals surface area contributed by atoms with Crippen molar-refractivity contribution in [2.24, 2.45) is 11.8 Å². The van der Waals surface area contributed by atoms with Crippen molar-refractivity contribution < 1.29 is 24.2 Å². The van der Waals surface area contributed by atoms with Crippen LogP contribution < -0.4 is 15.5 Å².